The average molecular weight is 257 g/mol. The van der Waals surface area contributed by atoms with Crippen LogP contribution in [0, 0.1) is 5.92 Å². The number of nitrogens with one attached hydrogen (secondary N) is 1. The lowest BCUT2D eigenvalue weighted by molar-refractivity contribution is -0.144. The van der Waals surface area contributed by atoms with E-state index in [1.165, 1.54) is 0 Å². The topological polar surface area (TPSA) is 92.7 Å². The van der Waals surface area contributed by atoms with E-state index in [4.69, 9.17) is 9.84 Å². The first-order chi connectivity index (χ1) is 8.52. The number of amides is 1. The molecule has 0 aromatic heterocycles. The normalized spacial score (nSPS) is 22.5. The lowest BCUT2D eigenvalue weighted by Gasteiger charge is -2.12. The van der Waals surface area contributed by atoms with E-state index < -0.39 is 5.97 Å². The average Bonchev–Trinajstić information content (AvgIpc) is 2.75. The smallest absolute Gasteiger partial charge is 0.306 e. The molecule has 0 aromatic carbocycles. The monoisotopic (exact) mass is 257 g/mol. The van der Waals surface area contributed by atoms with Crippen molar-refractivity contribution in [3.05, 3.63) is 0 Å². The minimum atomic E-state index is -0.807. The highest BCUT2D eigenvalue weighted by Crippen LogP contribution is 2.25. The molecule has 18 heavy (non-hydrogen) atoms. The Kier molecular flexibility index (Phi) is 5.61. The van der Waals surface area contributed by atoms with E-state index in [1.807, 2.05) is 0 Å². The van der Waals surface area contributed by atoms with Gasteiger partial charge in [-0.1, -0.05) is 0 Å². The van der Waals surface area contributed by atoms with Gasteiger partial charge in [-0.15, -0.1) is 0 Å². The molecule has 6 heteroatoms. The van der Waals surface area contributed by atoms with E-state index in [0.717, 1.165) is 0 Å². The Morgan fingerprint density at radius 3 is 2.56 bits per heavy atom. The largest absolute Gasteiger partial charge is 0.481 e. The van der Waals surface area contributed by atoms with Crippen molar-refractivity contribution in [2.24, 2.45) is 5.92 Å². The SMILES string of the molecule is CCOC(=O)CCC(=O)N[C@H]1CC[C@@H](C(=O)O)C1. The third-order valence-electron chi connectivity index (χ3n) is 3.01. The van der Waals surface area contributed by atoms with E-state index in [9.17, 15) is 14.4 Å². The Morgan fingerprint density at radius 2 is 2.00 bits per heavy atom. The van der Waals surface area contributed by atoms with Crippen LogP contribution in [0.25, 0.3) is 0 Å². The van der Waals surface area contributed by atoms with Gasteiger partial charge in [0.2, 0.25) is 5.91 Å². The van der Waals surface area contributed by atoms with Gasteiger partial charge < -0.3 is 15.2 Å². The molecule has 102 valence electrons. The summed E-state index contributed by atoms with van der Waals surface area (Å²) >= 11 is 0. The van der Waals surface area contributed by atoms with Crippen molar-refractivity contribution >= 4 is 17.8 Å². The van der Waals surface area contributed by atoms with Gasteiger partial charge in [-0.25, -0.2) is 0 Å². The van der Waals surface area contributed by atoms with E-state index in [0.29, 0.717) is 25.9 Å². The summed E-state index contributed by atoms with van der Waals surface area (Å²) in [7, 11) is 0. The van der Waals surface area contributed by atoms with Crippen LogP contribution in [0.1, 0.15) is 39.0 Å². The van der Waals surface area contributed by atoms with Crippen molar-refractivity contribution in [2.75, 3.05) is 6.61 Å². The standard InChI is InChI=1S/C12H19NO5/c1-2-18-11(15)6-5-10(14)13-9-4-3-8(7-9)12(16)17/h8-9H,2-7H2,1H3,(H,13,14)(H,16,17)/t8-,9+/m1/s1. The van der Waals surface area contributed by atoms with Gasteiger partial charge in [0.05, 0.1) is 18.9 Å². The minimum Gasteiger partial charge on any atom is -0.481 e. The summed E-state index contributed by atoms with van der Waals surface area (Å²) in [6, 6.07) is -0.0826. The van der Waals surface area contributed by atoms with E-state index >= 15 is 0 Å². The van der Waals surface area contributed by atoms with Crippen molar-refractivity contribution in [3.8, 4) is 0 Å². The first-order valence-electron chi connectivity index (χ1n) is 6.20. The molecule has 1 amide bonds. The van der Waals surface area contributed by atoms with E-state index in [2.05, 4.69) is 5.32 Å². The van der Waals surface area contributed by atoms with Crippen LogP contribution in [0.5, 0.6) is 0 Å². The van der Waals surface area contributed by atoms with Crippen LogP contribution in [0.2, 0.25) is 0 Å². The number of esters is 1. The number of rotatable bonds is 6. The molecule has 2 N–H and O–H groups in total. The van der Waals surface area contributed by atoms with Crippen molar-refractivity contribution in [2.45, 2.75) is 45.1 Å². The molecule has 0 saturated heterocycles. The quantitative estimate of drug-likeness (QED) is 0.683. The Bertz CT molecular complexity index is 328. The van der Waals surface area contributed by atoms with Gasteiger partial charge in [-0.3, -0.25) is 14.4 Å². The molecule has 1 aliphatic carbocycles. The molecular formula is C12H19NO5. The highest BCUT2D eigenvalue weighted by Gasteiger charge is 2.30. The summed E-state index contributed by atoms with van der Waals surface area (Å²) in [6.45, 7) is 2.02. The van der Waals surface area contributed by atoms with E-state index in [-0.39, 0.29) is 36.7 Å². The molecule has 0 aromatic rings. The molecule has 1 fully saturated rings. The lowest BCUT2D eigenvalue weighted by atomic mass is 10.1. The number of aliphatic carboxylic acids is 1. The van der Waals surface area contributed by atoms with Crippen LogP contribution < -0.4 is 5.32 Å². The van der Waals surface area contributed by atoms with Crippen LogP contribution in [-0.4, -0.2) is 35.6 Å². The first kappa shape index (κ1) is 14.5. The number of hydrogen-bond acceptors (Lipinski definition) is 4. The number of carboxylic acid groups (broad SMARTS) is 1. The molecule has 0 heterocycles. The Balaban J connectivity index is 2.21. The van der Waals surface area contributed by atoms with E-state index in [1.54, 1.807) is 6.92 Å². The lowest BCUT2D eigenvalue weighted by Crippen LogP contribution is -2.33. The maximum Gasteiger partial charge on any atom is 0.306 e. The molecule has 2 atom stereocenters. The van der Waals surface area contributed by atoms with Crippen LogP contribution >= 0.6 is 0 Å². The Morgan fingerprint density at radius 1 is 1.28 bits per heavy atom. The highest BCUT2D eigenvalue weighted by atomic mass is 16.5. The second kappa shape index (κ2) is 6.98. The predicted molar refractivity (Wildman–Crippen MR) is 62.8 cm³/mol. The van der Waals surface area contributed by atoms with Crippen molar-refractivity contribution in [3.63, 3.8) is 0 Å². The van der Waals surface area contributed by atoms with Crippen LogP contribution in [0.3, 0.4) is 0 Å². The van der Waals surface area contributed by atoms with Gasteiger partial charge in [0, 0.05) is 12.5 Å². The second-order valence-corrected chi connectivity index (χ2v) is 4.42. The minimum absolute atomic E-state index is 0.0642. The van der Waals surface area contributed by atoms with Crippen molar-refractivity contribution < 1.29 is 24.2 Å². The maximum absolute atomic E-state index is 11.5. The third kappa shape index (κ3) is 4.73. The molecule has 0 bridgehead atoms. The Hall–Kier alpha value is -1.59. The summed E-state index contributed by atoms with van der Waals surface area (Å²) in [6.07, 6.45) is 1.91. The summed E-state index contributed by atoms with van der Waals surface area (Å²) in [4.78, 5) is 33.3. The summed E-state index contributed by atoms with van der Waals surface area (Å²) in [5.74, 6) is -1.78. The number of hydrogen-bond donors (Lipinski definition) is 2. The highest BCUT2D eigenvalue weighted by molar-refractivity contribution is 5.81. The molecule has 1 rings (SSSR count). The number of ether oxygens (including phenoxy) is 1. The second-order valence-electron chi connectivity index (χ2n) is 4.42. The van der Waals surface area contributed by atoms with Gasteiger partial charge in [0.15, 0.2) is 0 Å². The maximum atomic E-state index is 11.5. The van der Waals surface area contributed by atoms with Gasteiger partial charge in [0.1, 0.15) is 0 Å². The van der Waals surface area contributed by atoms with Crippen LogP contribution in [-0.2, 0) is 19.1 Å². The molecule has 1 saturated carbocycles. The zero-order valence-electron chi connectivity index (χ0n) is 10.5. The summed E-state index contributed by atoms with van der Waals surface area (Å²) in [5, 5.41) is 11.6. The molecule has 1 aliphatic rings. The van der Waals surface area contributed by atoms with Crippen molar-refractivity contribution in [1.82, 2.24) is 5.32 Å². The predicted octanol–water partition coefficient (Wildman–Crippen LogP) is 0.699. The molecule has 0 aliphatic heterocycles. The third-order valence-corrected chi connectivity index (χ3v) is 3.01. The fraction of sp³-hybridized carbons (Fsp3) is 0.750. The van der Waals surface area contributed by atoms with Crippen LogP contribution in [0.15, 0.2) is 0 Å². The van der Waals surface area contributed by atoms with Crippen LogP contribution in [0.4, 0.5) is 0 Å². The van der Waals surface area contributed by atoms with Gasteiger partial charge in [0.25, 0.3) is 0 Å². The zero-order chi connectivity index (χ0) is 13.5. The van der Waals surface area contributed by atoms with Gasteiger partial charge in [-0.05, 0) is 26.2 Å². The molecule has 0 radical (unpaired) electrons. The number of carboxylic acids is 1. The Labute approximate surface area is 106 Å². The summed E-state index contributed by atoms with van der Waals surface area (Å²) in [5.41, 5.74) is 0. The molecular weight excluding hydrogens is 238 g/mol. The van der Waals surface area contributed by atoms with Gasteiger partial charge in [-0.2, -0.15) is 0 Å². The fourth-order valence-electron chi connectivity index (χ4n) is 2.09. The fourth-order valence-corrected chi connectivity index (χ4v) is 2.09. The number of carbonyl (C=O) groups excluding carboxylic acids is 2. The molecule has 0 unspecified atom stereocenters. The van der Waals surface area contributed by atoms with Crippen molar-refractivity contribution in [1.29, 1.82) is 0 Å². The zero-order valence-corrected chi connectivity index (χ0v) is 10.5. The summed E-state index contributed by atoms with van der Waals surface area (Å²) < 4.78 is 4.71. The first-order valence-corrected chi connectivity index (χ1v) is 6.20. The molecule has 6 nitrogen and oxygen atoms in total. The molecule has 0 spiro atoms. The number of carbonyl (C=O) groups is 3. The van der Waals surface area contributed by atoms with Gasteiger partial charge >= 0.3 is 11.9 Å².